The van der Waals surface area contributed by atoms with E-state index >= 15 is 0 Å². The molecule has 1 amide bonds. The predicted octanol–water partition coefficient (Wildman–Crippen LogP) is 2.37. The minimum absolute atomic E-state index is 0.0679. The number of nitriles is 1. The average Bonchev–Trinajstić information content (AvgIpc) is 2.40. The fourth-order valence-electron chi connectivity index (χ4n) is 1.86. The van der Waals surface area contributed by atoms with Crippen LogP contribution in [0.3, 0.4) is 0 Å². The van der Waals surface area contributed by atoms with E-state index in [1.165, 1.54) is 12.1 Å². The molecule has 0 bridgehead atoms. The summed E-state index contributed by atoms with van der Waals surface area (Å²) in [6, 6.07) is 5.62. The van der Waals surface area contributed by atoms with E-state index in [1.54, 1.807) is 24.0 Å². The number of nitrogens with one attached hydrogen (secondary N) is 1. The molecule has 5 heteroatoms. The van der Waals surface area contributed by atoms with Gasteiger partial charge < -0.3 is 10.2 Å². The van der Waals surface area contributed by atoms with Crippen LogP contribution in [0, 0.1) is 17.1 Å². The SMILES string of the molecule is CCN(CC)C(=O)C(C)Nc1cccc(F)c1C#N. The Bertz CT molecular complexity index is 492. The molecule has 1 aromatic carbocycles. The first-order valence-corrected chi connectivity index (χ1v) is 6.29. The minimum atomic E-state index is -0.588. The maximum absolute atomic E-state index is 13.4. The Hall–Kier alpha value is -2.09. The van der Waals surface area contributed by atoms with E-state index in [0.29, 0.717) is 18.8 Å². The molecule has 1 aromatic rings. The Labute approximate surface area is 112 Å². The summed E-state index contributed by atoms with van der Waals surface area (Å²) in [6.45, 7) is 6.74. The normalized spacial score (nSPS) is 11.5. The summed E-state index contributed by atoms with van der Waals surface area (Å²) in [7, 11) is 0. The maximum Gasteiger partial charge on any atom is 0.244 e. The number of carbonyl (C=O) groups excluding carboxylic acids is 1. The molecule has 19 heavy (non-hydrogen) atoms. The van der Waals surface area contributed by atoms with Gasteiger partial charge in [-0.3, -0.25) is 4.79 Å². The first kappa shape index (κ1) is 15.0. The van der Waals surface area contributed by atoms with E-state index < -0.39 is 11.9 Å². The smallest absolute Gasteiger partial charge is 0.244 e. The highest BCUT2D eigenvalue weighted by atomic mass is 19.1. The monoisotopic (exact) mass is 263 g/mol. The molecule has 1 N–H and O–H groups in total. The van der Waals surface area contributed by atoms with Crippen LogP contribution in [0.5, 0.6) is 0 Å². The van der Waals surface area contributed by atoms with Crippen LogP contribution in [0.4, 0.5) is 10.1 Å². The van der Waals surface area contributed by atoms with E-state index in [9.17, 15) is 9.18 Å². The molecule has 1 rings (SSSR count). The number of likely N-dealkylation sites (N-methyl/N-ethyl adjacent to an activating group) is 1. The molecule has 0 aliphatic carbocycles. The van der Waals surface area contributed by atoms with Crippen LogP contribution in [0.2, 0.25) is 0 Å². The summed E-state index contributed by atoms with van der Waals surface area (Å²) >= 11 is 0. The standard InChI is InChI=1S/C14H18FN3O/c1-4-18(5-2)14(19)10(3)17-13-8-6-7-12(15)11(13)9-16/h6-8,10,17H,4-5H2,1-3H3. The summed E-state index contributed by atoms with van der Waals surface area (Å²) in [5.41, 5.74) is 0.275. The topological polar surface area (TPSA) is 56.1 Å². The lowest BCUT2D eigenvalue weighted by Gasteiger charge is -2.24. The lowest BCUT2D eigenvalue weighted by atomic mass is 10.1. The van der Waals surface area contributed by atoms with E-state index in [2.05, 4.69) is 5.32 Å². The van der Waals surface area contributed by atoms with Gasteiger partial charge in [-0.1, -0.05) is 6.07 Å². The predicted molar refractivity (Wildman–Crippen MR) is 72.1 cm³/mol. The number of anilines is 1. The second-order valence-electron chi connectivity index (χ2n) is 4.15. The van der Waals surface area contributed by atoms with Crippen LogP contribution < -0.4 is 5.32 Å². The van der Waals surface area contributed by atoms with Gasteiger partial charge in [0, 0.05) is 13.1 Å². The zero-order valence-electron chi connectivity index (χ0n) is 11.4. The lowest BCUT2D eigenvalue weighted by Crippen LogP contribution is -2.41. The number of hydrogen-bond donors (Lipinski definition) is 1. The van der Waals surface area contributed by atoms with E-state index in [1.807, 2.05) is 13.8 Å². The second-order valence-corrected chi connectivity index (χ2v) is 4.15. The van der Waals surface area contributed by atoms with Gasteiger partial charge in [-0.25, -0.2) is 4.39 Å². The van der Waals surface area contributed by atoms with Crippen LogP contribution >= 0.6 is 0 Å². The van der Waals surface area contributed by atoms with Crippen molar-refractivity contribution in [3.63, 3.8) is 0 Å². The quantitative estimate of drug-likeness (QED) is 0.887. The van der Waals surface area contributed by atoms with Crippen LogP contribution in [0.15, 0.2) is 18.2 Å². The Morgan fingerprint density at radius 2 is 2.11 bits per heavy atom. The number of hydrogen-bond acceptors (Lipinski definition) is 3. The van der Waals surface area contributed by atoms with Crippen molar-refractivity contribution in [2.24, 2.45) is 0 Å². The highest BCUT2D eigenvalue weighted by Crippen LogP contribution is 2.19. The van der Waals surface area contributed by atoms with Gasteiger partial charge in [0.1, 0.15) is 23.5 Å². The van der Waals surface area contributed by atoms with Crippen molar-refractivity contribution in [3.8, 4) is 6.07 Å². The van der Waals surface area contributed by atoms with Gasteiger partial charge in [-0.05, 0) is 32.9 Å². The van der Waals surface area contributed by atoms with Crippen molar-refractivity contribution in [2.75, 3.05) is 18.4 Å². The summed E-state index contributed by atoms with van der Waals surface area (Å²) in [5.74, 6) is -0.659. The molecular weight excluding hydrogens is 245 g/mol. The van der Waals surface area contributed by atoms with E-state index in [4.69, 9.17) is 5.26 Å². The van der Waals surface area contributed by atoms with Crippen LogP contribution in [0.25, 0.3) is 0 Å². The van der Waals surface area contributed by atoms with Crippen molar-refractivity contribution in [2.45, 2.75) is 26.8 Å². The molecule has 0 spiro atoms. The first-order chi connectivity index (χ1) is 9.04. The number of nitrogens with zero attached hydrogens (tertiary/aromatic N) is 2. The number of amides is 1. The third kappa shape index (κ3) is 3.44. The van der Waals surface area contributed by atoms with Gasteiger partial charge in [-0.15, -0.1) is 0 Å². The highest BCUT2D eigenvalue weighted by molar-refractivity contribution is 5.84. The number of carbonyl (C=O) groups is 1. The van der Waals surface area contributed by atoms with Crippen molar-refractivity contribution in [1.29, 1.82) is 5.26 Å². The fraction of sp³-hybridized carbons (Fsp3) is 0.429. The van der Waals surface area contributed by atoms with Gasteiger partial charge >= 0.3 is 0 Å². The van der Waals surface area contributed by atoms with E-state index in [-0.39, 0.29) is 11.5 Å². The summed E-state index contributed by atoms with van der Waals surface area (Å²) < 4.78 is 13.4. The van der Waals surface area contributed by atoms with Gasteiger partial charge in [0.2, 0.25) is 5.91 Å². The van der Waals surface area contributed by atoms with Crippen molar-refractivity contribution in [1.82, 2.24) is 4.90 Å². The maximum atomic E-state index is 13.4. The Morgan fingerprint density at radius 3 is 2.63 bits per heavy atom. The summed E-state index contributed by atoms with van der Waals surface area (Å²) in [6.07, 6.45) is 0. The van der Waals surface area contributed by atoms with Crippen molar-refractivity contribution in [3.05, 3.63) is 29.6 Å². The summed E-state index contributed by atoms with van der Waals surface area (Å²) in [4.78, 5) is 13.8. The van der Waals surface area contributed by atoms with Crippen molar-refractivity contribution >= 4 is 11.6 Å². The molecule has 102 valence electrons. The van der Waals surface area contributed by atoms with Crippen molar-refractivity contribution < 1.29 is 9.18 Å². The largest absolute Gasteiger partial charge is 0.373 e. The first-order valence-electron chi connectivity index (χ1n) is 6.29. The molecule has 1 unspecified atom stereocenters. The average molecular weight is 263 g/mol. The van der Waals surface area contributed by atoms with Gasteiger partial charge in [0.15, 0.2) is 0 Å². The Kier molecular flexibility index (Phi) is 5.31. The number of benzene rings is 1. The van der Waals surface area contributed by atoms with Crippen LogP contribution in [0.1, 0.15) is 26.3 Å². The zero-order valence-corrected chi connectivity index (χ0v) is 11.4. The molecule has 0 heterocycles. The summed E-state index contributed by atoms with van der Waals surface area (Å²) in [5, 5.41) is 11.8. The molecule has 1 atom stereocenters. The van der Waals surface area contributed by atoms with Crippen LogP contribution in [-0.2, 0) is 4.79 Å². The third-order valence-corrected chi connectivity index (χ3v) is 2.94. The number of rotatable bonds is 5. The molecule has 0 aliphatic heterocycles. The minimum Gasteiger partial charge on any atom is -0.373 e. The second kappa shape index (κ2) is 6.74. The fourth-order valence-corrected chi connectivity index (χ4v) is 1.86. The molecular formula is C14H18FN3O. The van der Waals surface area contributed by atoms with Crippen LogP contribution in [-0.4, -0.2) is 29.9 Å². The molecule has 0 aliphatic rings. The lowest BCUT2D eigenvalue weighted by molar-refractivity contribution is -0.131. The molecule has 0 radical (unpaired) electrons. The van der Waals surface area contributed by atoms with Gasteiger partial charge in [0.05, 0.1) is 5.69 Å². The van der Waals surface area contributed by atoms with Gasteiger partial charge in [-0.2, -0.15) is 5.26 Å². The Morgan fingerprint density at radius 1 is 1.47 bits per heavy atom. The van der Waals surface area contributed by atoms with Gasteiger partial charge in [0.25, 0.3) is 0 Å². The van der Waals surface area contributed by atoms with E-state index in [0.717, 1.165) is 0 Å². The number of halogens is 1. The molecule has 0 saturated heterocycles. The molecule has 4 nitrogen and oxygen atoms in total. The third-order valence-electron chi connectivity index (χ3n) is 2.94. The highest BCUT2D eigenvalue weighted by Gasteiger charge is 2.19. The molecule has 0 aromatic heterocycles. The molecule has 0 saturated carbocycles. The zero-order chi connectivity index (χ0) is 14.4. The Balaban J connectivity index is 2.89. The molecule has 0 fully saturated rings.